The van der Waals surface area contributed by atoms with Gasteiger partial charge in [-0.25, -0.2) is 9.97 Å². The zero-order chi connectivity index (χ0) is 12.4. The molecule has 0 spiro atoms. The zero-order valence-electron chi connectivity index (χ0n) is 10.6. The Kier molecular flexibility index (Phi) is 3.26. The third-order valence-electron chi connectivity index (χ3n) is 3.06. The lowest BCUT2D eigenvalue weighted by atomic mass is 10.1. The second kappa shape index (κ2) is 4.69. The molecule has 1 aliphatic rings. The molecule has 0 aromatic carbocycles. The summed E-state index contributed by atoms with van der Waals surface area (Å²) in [4.78, 5) is 24.1. The minimum Gasteiger partial charge on any atom is -0.356 e. The Bertz CT molecular complexity index is 419. The molecule has 17 heavy (non-hydrogen) atoms. The van der Waals surface area contributed by atoms with Crippen LogP contribution < -0.4 is 4.90 Å². The lowest BCUT2D eigenvalue weighted by Gasteiger charge is -2.19. The van der Waals surface area contributed by atoms with Crippen LogP contribution in [-0.4, -0.2) is 48.0 Å². The number of anilines is 1. The van der Waals surface area contributed by atoms with Gasteiger partial charge in [-0.05, 0) is 19.4 Å². The van der Waals surface area contributed by atoms with Gasteiger partial charge in [0.25, 0.3) is 0 Å². The summed E-state index contributed by atoms with van der Waals surface area (Å²) < 4.78 is 0. The molecule has 0 aliphatic carbocycles. The molecule has 1 atom stereocenters. The minimum atomic E-state index is 0.0975. The van der Waals surface area contributed by atoms with Crippen LogP contribution in [0.5, 0.6) is 0 Å². The van der Waals surface area contributed by atoms with Crippen LogP contribution in [0.4, 0.5) is 5.82 Å². The molecule has 2 heterocycles. The van der Waals surface area contributed by atoms with Crippen molar-refractivity contribution in [2.75, 3.05) is 32.1 Å². The van der Waals surface area contributed by atoms with E-state index >= 15 is 0 Å². The quantitative estimate of drug-likeness (QED) is 0.756. The fraction of sp³-hybridized carbons (Fsp3) is 0.583. The van der Waals surface area contributed by atoms with Gasteiger partial charge in [0, 0.05) is 33.4 Å². The van der Waals surface area contributed by atoms with Crippen molar-refractivity contribution in [1.82, 2.24) is 14.9 Å². The molecule has 0 N–H and O–H groups in total. The van der Waals surface area contributed by atoms with Gasteiger partial charge < -0.3 is 9.80 Å². The highest BCUT2D eigenvalue weighted by atomic mass is 16.2. The van der Waals surface area contributed by atoms with E-state index in [2.05, 4.69) is 14.9 Å². The van der Waals surface area contributed by atoms with Crippen molar-refractivity contribution in [2.45, 2.75) is 13.3 Å². The van der Waals surface area contributed by atoms with Crippen LogP contribution in [0.1, 0.15) is 12.2 Å². The zero-order valence-corrected chi connectivity index (χ0v) is 10.6. The van der Waals surface area contributed by atoms with Gasteiger partial charge in [0.2, 0.25) is 5.91 Å². The summed E-state index contributed by atoms with van der Waals surface area (Å²) in [7, 11) is 3.61. The average Bonchev–Trinajstić information content (AvgIpc) is 2.77. The van der Waals surface area contributed by atoms with E-state index in [1.165, 1.54) is 0 Å². The number of aryl methyl sites for hydroxylation is 1. The topological polar surface area (TPSA) is 49.3 Å². The van der Waals surface area contributed by atoms with E-state index in [1.807, 2.05) is 13.0 Å². The van der Waals surface area contributed by atoms with Crippen molar-refractivity contribution in [1.29, 1.82) is 0 Å². The fourth-order valence-corrected chi connectivity index (χ4v) is 2.15. The SMILES string of the molecule is Cc1nccc(N2CCC(C(=O)N(C)C)C2)n1. The monoisotopic (exact) mass is 234 g/mol. The van der Waals surface area contributed by atoms with Crippen LogP contribution >= 0.6 is 0 Å². The normalized spacial score (nSPS) is 19.5. The van der Waals surface area contributed by atoms with Crippen LogP contribution in [0, 0.1) is 12.8 Å². The van der Waals surface area contributed by atoms with Crippen molar-refractivity contribution < 1.29 is 4.79 Å². The van der Waals surface area contributed by atoms with E-state index in [-0.39, 0.29) is 11.8 Å². The smallest absolute Gasteiger partial charge is 0.227 e. The lowest BCUT2D eigenvalue weighted by Crippen LogP contribution is -2.32. The third-order valence-corrected chi connectivity index (χ3v) is 3.06. The molecule has 2 rings (SSSR count). The van der Waals surface area contributed by atoms with Crippen LogP contribution in [0.3, 0.4) is 0 Å². The highest BCUT2D eigenvalue weighted by molar-refractivity contribution is 5.79. The van der Waals surface area contributed by atoms with Gasteiger partial charge in [-0.2, -0.15) is 0 Å². The van der Waals surface area contributed by atoms with Crippen LogP contribution in [-0.2, 0) is 4.79 Å². The van der Waals surface area contributed by atoms with Crippen molar-refractivity contribution >= 4 is 11.7 Å². The Labute approximate surface area is 101 Å². The maximum absolute atomic E-state index is 11.9. The Balaban J connectivity index is 2.05. The highest BCUT2D eigenvalue weighted by Crippen LogP contribution is 2.22. The molecular formula is C12H18N4O. The van der Waals surface area contributed by atoms with E-state index < -0.39 is 0 Å². The Hall–Kier alpha value is -1.65. The number of aromatic nitrogens is 2. The fourth-order valence-electron chi connectivity index (χ4n) is 2.15. The molecule has 1 fully saturated rings. The summed E-state index contributed by atoms with van der Waals surface area (Å²) in [5, 5.41) is 0. The summed E-state index contributed by atoms with van der Waals surface area (Å²) in [5.74, 6) is 2.00. The number of carbonyl (C=O) groups excluding carboxylic acids is 1. The number of hydrogen-bond acceptors (Lipinski definition) is 4. The van der Waals surface area contributed by atoms with E-state index in [9.17, 15) is 4.79 Å². The molecule has 5 heteroatoms. The van der Waals surface area contributed by atoms with E-state index in [0.717, 1.165) is 31.2 Å². The molecule has 92 valence electrons. The van der Waals surface area contributed by atoms with E-state index in [0.29, 0.717) is 0 Å². The molecule has 1 unspecified atom stereocenters. The van der Waals surface area contributed by atoms with Crippen molar-refractivity contribution in [2.24, 2.45) is 5.92 Å². The van der Waals surface area contributed by atoms with Gasteiger partial charge in [-0.3, -0.25) is 4.79 Å². The molecule has 0 bridgehead atoms. The summed E-state index contributed by atoms with van der Waals surface area (Å²) in [6.07, 6.45) is 2.67. The van der Waals surface area contributed by atoms with Gasteiger partial charge in [0.05, 0.1) is 5.92 Å². The van der Waals surface area contributed by atoms with Gasteiger partial charge in [0.1, 0.15) is 11.6 Å². The van der Waals surface area contributed by atoms with Gasteiger partial charge >= 0.3 is 0 Å². The first kappa shape index (κ1) is 11.8. The van der Waals surface area contributed by atoms with Gasteiger partial charge in [-0.15, -0.1) is 0 Å². The van der Waals surface area contributed by atoms with Crippen molar-refractivity contribution in [3.63, 3.8) is 0 Å². The van der Waals surface area contributed by atoms with E-state index in [1.54, 1.807) is 25.2 Å². The standard InChI is InChI=1S/C12H18N4O/c1-9-13-6-4-11(14-9)16-7-5-10(8-16)12(17)15(2)3/h4,6,10H,5,7-8H2,1-3H3. The Morgan fingerprint density at radius 3 is 2.94 bits per heavy atom. The Morgan fingerprint density at radius 2 is 2.29 bits per heavy atom. The lowest BCUT2D eigenvalue weighted by molar-refractivity contribution is -0.132. The molecule has 0 saturated carbocycles. The molecule has 5 nitrogen and oxygen atoms in total. The van der Waals surface area contributed by atoms with Gasteiger partial charge in [-0.1, -0.05) is 0 Å². The molecule has 1 aliphatic heterocycles. The maximum atomic E-state index is 11.9. The first-order chi connectivity index (χ1) is 8.08. The highest BCUT2D eigenvalue weighted by Gasteiger charge is 2.29. The molecular weight excluding hydrogens is 216 g/mol. The number of nitrogens with zero attached hydrogens (tertiary/aromatic N) is 4. The number of amides is 1. The molecule has 1 aromatic rings. The number of hydrogen-bond donors (Lipinski definition) is 0. The summed E-state index contributed by atoms with van der Waals surface area (Å²) in [5.41, 5.74) is 0. The van der Waals surface area contributed by atoms with Gasteiger partial charge in [0.15, 0.2) is 0 Å². The second-order valence-electron chi connectivity index (χ2n) is 4.63. The summed E-state index contributed by atoms with van der Waals surface area (Å²) in [6, 6.07) is 1.90. The third kappa shape index (κ3) is 2.54. The summed E-state index contributed by atoms with van der Waals surface area (Å²) >= 11 is 0. The average molecular weight is 234 g/mol. The van der Waals surface area contributed by atoms with Crippen molar-refractivity contribution in [3.8, 4) is 0 Å². The second-order valence-corrected chi connectivity index (χ2v) is 4.63. The predicted octanol–water partition coefficient (Wildman–Crippen LogP) is 0.700. The van der Waals surface area contributed by atoms with Crippen LogP contribution in [0.25, 0.3) is 0 Å². The van der Waals surface area contributed by atoms with Crippen LogP contribution in [0.15, 0.2) is 12.3 Å². The number of rotatable bonds is 2. The van der Waals surface area contributed by atoms with Crippen molar-refractivity contribution in [3.05, 3.63) is 18.1 Å². The molecule has 1 aromatic heterocycles. The molecule has 0 radical (unpaired) electrons. The Morgan fingerprint density at radius 1 is 1.53 bits per heavy atom. The first-order valence-corrected chi connectivity index (χ1v) is 5.83. The predicted molar refractivity (Wildman–Crippen MR) is 65.8 cm³/mol. The minimum absolute atomic E-state index is 0.0975. The maximum Gasteiger partial charge on any atom is 0.227 e. The largest absolute Gasteiger partial charge is 0.356 e. The first-order valence-electron chi connectivity index (χ1n) is 5.83. The van der Waals surface area contributed by atoms with E-state index in [4.69, 9.17) is 0 Å². The number of carbonyl (C=O) groups is 1. The van der Waals surface area contributed by atoms with Crippen LogP contribution in [0.2, 0.25) is 0 Å². The molecule has 1 amide bonds. The summed E-state index contributed by atoms with van der Waals surface area (Å²) in [6.45, 7) is 3.52. The molecule has 1 saturated heterocycles.